The Kier molecular flexibility index (Phi) is 2.74. The maximum absolute atomic E-state index is 13.2. The van der Waals surface area contributed by atoms with Gasteiger partial charge in [-0.3, -0.25) is 9.89 Å². The Morgan fingerprint density at radius 3 is 2.69 bits per heavy atom. The molecule has 0 saturated heterocycles. The SMILES string of the molecule is COc1c2occc2c(OC)c2c(=O)c3cc4c(N)[nH]nc4nc3oc12. The Morgan fingerprint density at radius 2 is 1.92 bits per heavy atom. The van der Waals surface area contributed by atoms with Gasteiger partial charge in [-0.25, -0.2) is 0 Å². The Morgan fingerprint density at radius 1 is 1.12 bits per heavy atom. The fraction of sp³-hybridized carbons (Fsp3) is 0.118. The van der Waals surface area contributed by atoms with Gasteiger partial charge in [0.25, 0.3) is 0 Å². The molecule has 130 valence electrons. The van der Waals surface area contributed by atoms with Crippen LogP contribution in [0, 0.1) is 0 Å². The summed E-state index contributed by atoms with van der Waals surface area (Å²) in [7, 11) is 2.95. The van der Waals surface area contributed by atoms with Crippen molar-refractivity contribution in [3.63, 3.8) is 0 Å². The van der Waals surface area contributed by atoms with Gasteiger partial charge in [-0.2, -0.15) is 10.1 Å². The predicted octanol–water partition coefficient (Wildman–Crippen LogP) is 2.56. The van der Waals surface area contributed by atoms with Crippen molar-refractivity contribution in [2.24, 2.45) is 0 Å². The molecule has 3 N–H and O–H groups in total. The summed E-state index contributed by atoms with van der Waals surface area (Å²) in [6.45, 7) is 0. The fourth-order valence-electron chi connectivity index (χ4n) is 3.24. The maximum atomic E-state index is 13.2. The number of pyridine rings is 1. The molecule has 9 nitrogen and oxygen atoms in total. The van der Waals surface area contributed by atoms with Crippen LogP contribution < -0.4 is 20.6 Å². The summed E-state index contributed by atoms with van der Waals surface area (Å²) in [6.07, 6.45) is 1.49. The van der Waals surface area contributed by atoms with E-state index < -0.39 is 0 Å². The number of anilines is 1. The van der Waals surface area contributed by atoms with Gasteiger partial charge in [0.1, 0.15) is 17.0 Å². The second-order valence-electron chi connectivity index (χ2n) is 5.71. The minimum atomic E-state index is -0.311. The van der Waals surface area contributed by atoms with Crippen LogP contribution in [0.4, 0.5) is 5.82 Å². The van der Waals surface area contributed by atoms with Crippen LogP contribution in [0.25, 0.3) is 44.1 Å². The molecule has 0 fully saturated rings. The van der Waals surface area contributed by atoms with E-state index in [1.807, 2.05) is 0 Å². The molecule has 0 spiro atoms. The minimum absolute atomic E-state index is 0.118. The molecule has 0 bridgehead atoms. The largest absolute Gasteiger partial charge is 0.495 e. The van der Waals surface area contributed by atoms with Gasteiger partial charge in [-0.05, 0) is 12.1 Å². The third kappa shape index (κ3) is 1.66. The molecule has 0 aliphatic carbocycles. The summed E-state index contributed by atoms with van der Waals surface area (Å²) >= 11 is 0. The van der Waals surface area contributed by atoms with E-state index in [0.29, 0.717) is 39.3 Å². The Bertz CT molecular complexity index is 1400. The van der Waals surface area contributed by atoms with Crippen LogP contribution in [0.3, 0.4) is 0 Å². The van der Waals surface area contributed by atoms with E-state index >= 15 is 0 Å². The number of nitrogen functional groups attached to an aromatic ring is 1. The van der Waals surface area contributed by atoms with Gasteiger partial charge in [0, 0.05) is 0 Å². The van der Waals surface area contributed by atoms with E-state index in [1.165, 1.54) is 20.5 Å². The van der Waals surface area contributed by atoms with Crippen molar-refractivity contribution >= 4 is 49.9 Å². The molecule has 5 rings (SSSR count). The lowest BCUT2D eigenvalue weighted by atomic mass is 10.1. The number of benzene rings is 1. The van der Waals surface area contributed by atoms with Crippen LogP contribution >= 0.6 is 0 Å². The molecule has 0 aliphatic rings. The second-order valence-corrected chi connectivity index (χ2v) is 5.71. The van der Waals surface area contributed by atoms with E-state index in [0.717, 1.165) is 0 Å². The summed E-state index contributed by atoms with van der Waals surface area (Å²) in [5.41, 5.74) is 6.62. The molecular formula is C17H12N4O5. The summed E-state index contributed by atoms with van der Waals surface area (Å²) in [4.78, 5) is 17.5. The molecule has 4 heterocycles. The number of nitrogens with zero attached hydrogens (tertiary/aromatic N) is 2. The molecule has 0 saturated carbocycles. The molecule has 0 radical (unpaired) electrons. The van der Waals surface area contributed by atoms with Gasteiger partial charge in [0.2, 0.25) is 16.9 Å². The van der Waals surface area contributed by atoms with Crippen LogP contribution in [0.1, 0.15) is 0 Å². The number of fused-ring (bicyclic) bond motifs is 4. The van der Waals surface area contributed by atoms with Gasteiger partial charge in [-0.1, -0.05) is 0 Å². The van der Waals surface area contributed by atoms with E-state index in [1.54, 1.807) is 12.1 Å². The molecule has 0 aliphatic heterocycles. The summed E-state index contributed by atoms with van der Waals surface area (Å²) < 4.78 is 22.3. The molecular weight excluding hydrogens is 340 g/mol. The molecule has 0 atom stereocenters. The van der Waals surface area contributed by atoms with Gasteiger partial charge in [-0.15, -0.1) is 0 Å². The number of hydrogen-bond acceptors (Lipinski definition) is 8. The summed E-state index contributed by atoms with van der Waals surface area (Å²) in [5, 5.41) is 8.30. The molecule has 0 amide bonds. The fourth-order valence-corrected chi connectivity index (χ4v) is 3.24. The number of ether oxygens (including phenoxy) is 2. The quantitative estimate of drug-likeness (QED) is 0.464. The lowest BCUT2D eigenvalue weighted by molar-refractivity contribution is 0.402. The topological polar surface area (TPSA) is 129 Å². The highest BCUT2D eigenvalue weighted by Crippen LogP contribution is 2.42. The first-order valence-corrected chi connectivity index (χ1v) is 7.66. The molecule has 26 heavy (non-hydrogen) atoms. The standard InChI is InChI=1S/C17H12N4O5/c1-23-11-6-3-4-25-12(6)14(24-2)13-9(11)10(22)7-5-8-15(18)20-21-16(8)19-17(7)26-13/h3-5H,1-2H3,(H3,18,19,20,21). The lowest BCUT2D eigenvalue weighted by Crippen LogP contribution is -2.06. The van der Waals surface area contributed by atoms with Gasteiger partial charge in [0.15, 0.2) is 16.8 Å². The number of H-pyrrole nitrogens is 1. The Balaban J connectivity index is 2.09. The van der Waals surface area contributed by atoms with Gasteiger partial charge in [0.05, 0.1) is 36.6 Å². The average Bonchev–Trinajstić information content (AvgIpc) is 3.26. The lowest BCUT2D eigenvalue weighted by Gasteiger charge is -2.10. The van der Waals surface area contributed by atoms with Crippen LogP contribution in [-0.4, -0.2) is 29.4 Å². The molecule has 4 aromatic heterocycles. The van der Waals surface area contributed by atoms with E-state index in [9.17, 15) is 4.79 Å². The number of hydrogen-bond donors (Lipinski definition) is 2. The van der Waals surface area contributed by atoms with Crippen molar-refractivity contribution in [3.8, 4) is 11.5 Å². The first-order valence-electron chi connectivity index (χ1n) is 7.66. The molecule has 9 heteroatoms. The summed E-state index contributed by atoms with van der Waals surface area (Å²) in [5.74, 6) is 0.965. The monoisotopic (exact) mass is 352 g/mol. The van der Waals surface area contributed by atoms with E-state index in [2.05, 4.69) is 15.2 Å². The number of rotatable bonds is 2. The number of aromatic nitrogens is 3. The number of methoxy groups -OCH3 is 2. The van der Waals surface area contributed by atoms with Crippen molar-refractivity contribution in [2.75, 3.05) is 20.0 Å². The minimum Gasteiger partial charge on any atom is -0.495 e. The zero-order chi connectivity index (χ0) is 18.0. The zero-order valence-corrected chi connectivity index (χ0v) is 13.7. The highest BCUT2D eigenvalue weighted by atomic mass is 16.5. The van der Waals surface area contributed by atoms with Crippen molar-refractivity contribution in [2.45, 2.75) is 0 Å². The van der Waals surface area contributed by atoms with Gasteiger partial charge < -0.3 is 24.0 Å². The van der Waals surface area contributed by atoms with Crippen molar-refractivity contribution < 1.29 is 18.3 Å². The van der Waals surface area contributed by atoms with Crippen LogP contribution in [0.15, 0.2) is 32.0 Å². The normalized spacial score (nSPS) is 11.8. The van der Waals surface area contributed by atoms with Crippen molar-refractivity contribution in [1.82, 2.24) is 15.2 Å². The average molecular weight is 352 g/mol. The van der Waals surface area contributed by atoms with Crippen LogP contribution in [-0.2, 0) is 0 Å². The smallest absolute Gasteiger partial charge is 0.232 e. The first-order chi connectivity index (χ1) is 12.6. The third-order valence-corrected chi connectivity index (χ3v) is 4.39. The number of nitrogens with two attached hydrogens (primary N) is 1. The summed E-state index contributed by atoms with van der Waals surface area (Å²) in [6, 6.07) is 3.31. The van der Waals surface area contributed by atoms with E-state index in [-0.39, 0.29) is 27.5 Å². The predicted molar refractivity (Wildman–Crippen MR) is 94.7 cm³/mol. The maximum Gasteiger partial charge on any atom is 0.232 e. The first kappa shape index (κ1) is 14.6. The zero-order valence-electron chi connectivity index (χ0n) is 13.7. The van der Waals surface area contributed by atoms with Crippen molar-refractivity contribution in [3.05, 3.63) is 28.6 Å². The van der Waals surface area contributed by atoms with Crippen LogP contribution in [0.5, 0.6) is 11.5 Å². The highest BCUT2D eigenvalue weighted by molar-refractivity contribution is 6.09. The number of nitrogens with one attached hydrogen (secondary N) is 1. The highest BCUT2D eigenvalue weighted by Gasteiger charge is 2.24. The molecule has 5 aromatic rings. The molecule has 0 unspecified atom stereocenters. The van der Waals surface area contributed by atoms with Gasteiger partial charge >= 0.3 is 0 Å². The third-order valence-electron chi connectivity index (χ3n) is 4.39. The number of aromatic amines is 1. The van der Waals surface area contributed by atoms with Crippen LogP contribution in [0.2, 0.25) is 0 Å². The second kappa shape index (κ2) is 4.88. The van der Waals surface area contributed by atoms with Crippen molar-refractivity contribution in [1.29, 1.82) is 0 Å². The van der Waals surface area contributed by atoms with E-state index in [4.69, 9.17) is 24.0 Å². The Hall–Kier alpha value is -3.75. The molecule has 1 aromatic carbocycles. The Labute approximate surface area is 144 Å². The number of furan rings is 1.